The minimum absolute atomic E-state index is 0.575. The van der Waals surface area contributed by atoms with E-state index in [0.717, 1.165) is 18.6 Å². The number of fused-ring (bicyclic) bond motifs is 2. The number of alkyl halides is 1. The van der Waals surface area contributed by atoms with Crippen molar-refractivity contribution >= 4 is 27.5 Å². The summed E-state index contributed by atoms with van der Waals surface area (Å²) in [5, 5.41) is 0.575. The maximum absolute atomic E-state index is 5.79. The normalized spacial score (nSPS) is 33.5. The molecule has 2 aliphatic rings. The van der Waals surface area contributed by atoms with Crippen LogP contribution in [0.3, 0.4) is 0 Å². The second kappa shape index (κ2) is 4.28. The molecule has 4 heteroatoms. The van der Waals surface area contributed by atoms with E-state index in [2.05, 4.69) is 31.9 Å². The minimum atomic E-state index is 0.575. The summed E-state index contributed by atoms with van der Waals surface area (Å²) in [5.74, 6) is 0. The Labute approximate surface area is 109 Å². The van der Waals surface area contributed by atoms with E-state index in [1.165, 1.54) is 24.8 Å². The van der Waals surface area contributed by atoms with Gasteiger partial charge in [0.25, 0.3) is 0 Å². The van der Waals surface area contributed by atoms with Gasteiger partial charge in [0.1, 0.15) is 5.15 Å². The van der Waals surface area contributed by atoms with Gasteiger partial charge in [0.05, 0.1) is 0 Å². The predicted molar refractivity (Wildman–Crippen MR) is 68.9 cm³/mol. The summed E-state index contributed by atoms with van der Waals surface area (Å²) in [6, 6.07) is 5.45. The largest absolute Gasteiger partial charge is 0.292 e. The first-order valence-corrected chi connectivity index (χ1v) is 7.03. The fourth-order valence-electron chi connectivity index (χ4n) is 2.98. The molecule has 1 aromatic heterocycles. The lowest BCUT2D eigenvalue weighted by Crippen LogP contribution is -2.30. The number of halogens is 2. The molecule has 3 atom stereocenters. The van der Waals surface area contributed by atoms with E-state index in [9.17, 15) is 0 Å². The molecule has 86 valence electrons. The van der Waals surface area contributed by atoms with Crippen LogP contribution >= 0.6 is 27.5 Å². The Balaban J connectivity index is 1.74. The molecule has 0 radical (unpaired) electrons. The van der Waals surface area contributed by atoms with Gasteiger partial charge in [0.15, 0.2) is 0 Å². The lowest BCUT2D eigenvalue weighted by Gasteiger charge is -2.22. The monoisotopic (exact) mass is 300 g/mol. The van der Waals surface area contributed by atoms with Gasteiger partial charge in [-0.1, -0.05) is 33.6 Å². The Kier molecular flexibility index (Phi) is 2.94. The summed E-state index contributed by atoms with van der Waals surface area (Å²) in [6.07, 6.45) is 5.88. The number of hydrogen-bond acceptors (Lipinski definition) is 2. The van der Waals surface area contributed by atoms with Crippen LogP contribution in [0.25, 0.3) is 0 Å². The fourth-order valence-corrected chi connectivity index (χ4v) is 4.09. The second-order valence-electron chi connectivity index (χ2n) is 4.71. The molecule has 16 heavy (non-hydrogen) atoms. The minimum Gasteiger partial charge on any atom is -0.292 e. The molecular weight excluding hydrogens is 288 g/mol. The van der Waals surface area contributed by atoms with Gasteiger partial charge in [-0.3, -0.25) is 4.90 Å². The first-order valence-electron chi connectivity index (χ1n) is 5.74. The van der Waals surface area contributed by atoms with Crippen molar-refractivity contribution in [3.63, 3.8) is 0 Å². The van der Waals surface area contributed by atoms with Crippen LogP contribution < -0.4 is 0 Å². The number of nitrogens with zero attached hydrogens (tertiary/aromatic N) is 2. The molecule has 0 saturated carbocycles. The molecule has 2 aliphatic heterocycles. The van der Waals surface area contributed by atoms with Crippen molar-refractivity contribution in [2.24, 2.45) is 0 Å². The van der Waals surface area contributed by atoms with Gasteiger partial charge in [-0.2, -0.15) is 0 Å². The molecule has 3 heterocycles. The van der Waals surface area contributed by atoms with Crippen LogP contribution in [0.5, 0.6) is 0 Å². The van der Waals surface area contributed by atoms with Crippen LogP contribution in [-0.2, 0) is 6.54 Å². The lowest BCUT2D eigenvalue weighted by molar-refractivity contribution is 0.245. The molecule has 0 N–H and O–H groups in total. The van der Waals surface area contributed by atoms with Crippen LogP contribution in [0.1, 0.15) is 24.8 Å². The Hall–Kier alpha value is -0.120. The topological polar surface area (TPSA) is 16.1 Å². The van der Waals surface area contributed by atoms with Gasteiger partial charge in [0, 0.05) is 29.7 Å². The molecule has 0 spiro atoms. The molecule has 0 aliphatic carbocycles. The molecule has 2 fully saturated rings. The van der Waals surface area contributed by atoms with Crippen molar-refractivity contribution < 1.29 is 0 Å². The van der Waals surface area contributed by atoms with E-state index in [-0.39, 0.29) is 0 Å². The van der Waals surface area contributed by atoms with Crippen molar-refractivity contribution in [2.75, 3.05) is 0 Å². The third-order valence-electron chi connectivity index (χ3n) is 3.76. The van der Waals surface area contributed by atoms with Crippen molar-refractivity contribution in [2.45, 2.75) is 42.7 Å². The quantitative estimate of drug-likeness (QED) is 0.616. The molecule has 1 aromatic rings. The molecule has 0 amide bonds. The number of aromatic nitrogens is 1. The first-order chi connectivity index (χ1) is 7.74. The number of pyridine rings is 1. The molecular formula is C12H14BrClN2. The van der Waals surface area contributed by atoms with Gasteiger partial charge in [-0.15, -0.1) is 0 Å². The summed E-state index contributed by atoms with van der Waals surface area (Å²) in [5.41, 5.74) is 1.27. The lowest BCUT2D eigenvalue weighted by atomic mass is 10.0. The van der Waals surface area contributed by atoms with Crippen LogP contribution in [0.15, 0.2) is 18.3 Å². The summed E-state index contributed by atoms with van der Waals surface area (Å²) in [4.78, 5) is 7.44. The van der Waals surface area contributed by atoms with Gasteiger partial charge in [0.2, 0.25) is 0 Å². The summed E-state index contributed by atoms with van der Waals surface area (Å²) in [6.45, 7) is 1.02. The number of hydrogen-bond donors (Lipinski definition) is 0. The summed E-state index contributed by atoms with van der Waals surface area (Å²) >= 11 is 9.57. The fraction of sp³-hybridized carbons (Fsp3) is 0.583. The van der Waals surface area contributed by atoms with Crippen molar-refractivity contribution in [1.82, 2.24) is 9.88 Å². The molecule has 2 nitrogen and oxygen atoms in total. The van der Waals surface area contributed by atoms with Crippen LogP contribution in [0.4, 0.5) is 0 Å². The van der Waals surface area contributed by atoms with Crippen molar-refractivity contribution in [3.8, 4) is 0 Å². The van der Waals surface area contributed by atoms with E-state index < -0.39 is 0 Å². The average Bonchev–Trinajstić information content (AvgIpc) is 2.78. The zero-order valence-electron chi connectivity index (χ0n) is 8.94. The molecule has 3 rings (SSSR count). The predicted octanol–water partition coefficient (Wildman–Crippen LogP) is 3.24. The van der Waals surface area contributed by atoms with Crippen LogP contribution in [-0.4, -0.2) is 26.8 Å². The van der Waals surface area contributed by atoms with E-state index >= 15 is 0 Å². The highest BCUT2D eigenvalue weighted by Crippen LogP contribution is 2.41. The van der Waals surface area contributed by atoms with Crippen molar-refractivity contribution in [3.05, 3.63) is 29.0 Å². The molecule has 2 saturated heterocycles. The zero-order chi connectivity index (χ0) is 11.1. The number of rotatable bonds is 2. The second-order valence-corrected chi connectivity index (χ2v) is 6.28. The van der Waals surface area contributed by atoms with Gasteiger partial charge >= 0.3 is 0 Å². The maximum Gasteiger partial charge on any atom is 0.129 e. The summed E-state index contributed by atoms with van der Waals surface area (Å²) in [7, 11) is 0. The Morgan fingerprint density at radius 1 is 1.44 bits per heavy atom. The molecule has 0 aromatic carbocycles. The van der Waals surface area contributed by atoms with Gasteiger partial charge in [-0.05, 0) is 30.9 Å². The summed E-state index contributed by atoms with van der Waals surface area (Å²) < 4.78 is 0. The average molecular weight is 302 g/mol. The Morgan fingerprint density at radius 3 is 2.88 bits per heavy atom. The highest BCUT2D eigenvalue weighted by atomic mass is 79.9. The third-order valence-corrected chi connectivity index (χ3v) is 4.97. The smallest absolute Gasteiger partial charge is 0.129 e. The first kappa shape index (κ1) is 11.0. The molecule has 2 bridgehead atoms. The molecule has 0 unspecified atom stereocenters. The van der Waals surface area contributed by atoms with Crippen LogP contribution in [0.2, 0.25) is 5.15 Å². The Morgan fingerprint density at radius 2 is 2.31 bits per heavy atom. The highest BCUT2D eigenvalue weighted by molar-refractivity contribution is 9.09. The van der Waals surface area contributed by atoms with Gasteiger partial charge < -0.3 is 0 Å². The van der Waals surface area contributed by atoms with E-state index in [4.69, 9.17) is 11.6 Å². The third kappa shape index (κ3) is 1.89. The van der Waals surface area contributed by atoms with E-state index in [0.29, 0.717) is 9.98 Å². The standard InChI is InChI=1S/C12H14BrClN2/c13-10-5-9-2-3-11(10)16(9)7-8-1-4-12(14)15-6-8/h1,4,6,9-11H,2-3,5,7H2/t9-,10-,11+/m0/s1. The Bertz CT molecular complexity index is 381. The maximum atomic E-state index is 5.79. The zero-order valence-corrected chi connectivity index (χ0v) is 11.3. The van der Waals surface area contributed by atoms with Crippen molar-refractivity contribution in [1.29, 1.82) is 0 Å². The van der Waals surface area contributed by atoms with Gasteiger partial charge in [-0.25, -0.2) is 4.98 Å². The van der Waals surface area contributed by atoms with E-state index in [1.54, 1.807) is 0 Å². The highest BCUT2D eigenvalue weighted by Gasteiger charge is 2.44. The van der Waals surface area contributed by atoms with E-state index in [1.807, 2.05) is 12.3 Å². The van der Waals surface area contributed by atoms with Crippen LogP contribution in [0, 0.1) is 0 Å². The SMILES string of the molecule is Clc1ccc(CN2[C@H]3CC[C@@H]2[C@@H](Br)C3)cn1.